The molecule has 2 aromatic heterocycles. The fourth-order valence-corrected chi connectivity index (χ4v) is 3.53. The fraction of sp³-hybridized carbons (Fsp3) is 0.625. The second-order valence-electron chi connectivity index (χ2n) is 7.47. The van der Waals surface area contributed by atoms with Crippen molar-refractivity contribution in [1.29, 1.82) is 0 Å². The molecule has 0 aromatic carbocycles. The summed E-state index contributed by atoms with van der Waals surface area (Å²) in [5.74, 6) is -0.455. The highest BCUT2D eigenvalue weighted by atomic mass is 31.2. The maximum absolute atomic E-state index is 14.1. The van der Waals surface area contributed by atoms with E-state index in [1.807, 2.05) is 0 Å². The Hall–Kier alpha value is -2.06. The summed E-state index contributed by atoms with van der Waals surface area (Å²) in [4.78, 5) is 32.2. The molecule has 0 spiro atoms. The number of fused-ring (bicyclic) bond motifs is 1. The van der Waals surface area contributed by atoms with Crippen LogP contribution in [0, 0.1) is 6.08 Å². The maximum atomic E-state index is 14.1. The average Bonchev–Trinajstić information content (AvgIpc) is 3.34. The van der Waals surface area contributed by atoms with Crippen molar-refractivity contribution < 1.29 is 63.7 Å². The van der Waals surface area contributed by atoms with Crippen molar-refractivity contribution in [3.05, 3.63) is 12.4 Å². The van der Waals surface area contributed by atoms with Crippen molar-refractivity contribution >= 4 is 31.0 Å². The number of phosphoric ester groups is 1. The number of nitrogens with zero attached hydrogens (tertiary/aromatic N) is 5. The predicted molar refractivity (Wildman–Crippen MR) is 108 cm³/mol. The number of aliphatic hydroxyl groups is 7. The van der Waals surface area contributed by atoms with Crippen LogP contribution in [-0.2, 0) is 13.8 Å². The van der Waals surface area contributed by atoms with Gasteiger partial charge in [0.15, 0.2) is 23.2 Å². The molecule has 0 amide bonds. The summed E-state index contributed by atoms with van der Waals surface area (Å²) >= 11 is 0. The summed E-state index contributed by atoms with van der Waals surface area (Å²) in [6, 6.07) is 0. The molecule has 0 radical (unpaired) electrons. The van der Waals surface area contributed by atoms with Gasteiger partial charge in [0.1, 0.15) is 42.7 Å². The highest BCUT2D eigenvalue weighted by Gasteiger charge is 2.45. The Bertz CT molecular complexity index is 1100. The number of phosphoric acid groups is 1. The number of hydrogen-bond acceptors (Lipinski definition) is 14. The van der Waals surface area contributed by atoms with Crippen LogP contribution in [0.15, 0.2) is 11.3 Å². The van der Waals surface area contributed by atoms with Gasteiger partial charge in [0, 0.05) is 6.21 Å². The van der Waals surface area contributed by atoms with Crippen molar-refractivity contribution in [2.24, 2.45) is 4.99 Å². The number of rotatable bonds is 10. The van der Waals surface area contributed by atoms with E-state index >= 15 is 0 Å². The molecule has 196 valence electrons. The Morgan fingerprint density at radius 2 is 1.89 bits per heavy atom. The molecule has 3 rings (SSSR count). The normalized spacial score (nSPS) is 26.9. The Balaban J connectivity index is 1.85. The van der Waals surface area contributed by atoms with Crippen LogP contribution in [0.4, 0.5) is 10.2 Å². The Morgan fingerprint density at radius 1 is 1.20 bits per heavy atom. The monoisotopic (exact) mass is 527 g/mol. The van der Waals surface area contributed by atoms with E-state index in [0.29, 0.717) is 6.21 Å². The van der Waals surface area contributed by atoms with Crippen LogP contribution in [0.2, 0.25) is 0 Å². The summed E-state index contributed by atoms with van der Waals surface area (Å²) in [6.07, 6.45) is -13.3. The number of aliphatic hydroxyl groups excluding tert-OH is 7. The van der Waals surface area contributed by atoms with Crippen molar-refractivity contribution in [3.8, 4) is 0 Å². The molecular weight excluding hydrogens is 504 g/mol. The van der Waals surface area contributed by atoms with Gasteiger partial charge in [-0.2, -0.15) is 14.4 Å². The lowest BCUT2D eigenvalue weighted by Gasteiger charge is -2.23. The summed E-state index contributed by atoms with van der Waals surface area (Å²) in [5, 5.41) is 68.0. The second kappa shape index (κ2) is 10.9. The molecule has 2 aromatic rings. The number of aromatic nitrogens is 4. The number of ether oxygens (including phenoxy) is 1. The van der Waals surface area contributed by atoms with Crippen molar-refractivity contribution in [2.75, 3.05) is 13.2 Å². The minimum absolute atomic E-state index is 0.180. The van der Waals surface area contributed by atoms with Crippen LogP contribution in [0.3, 0.4) is 0 Å². The summed E-state index contributed by atoms with van der Waals surface area (Å²) in [5.41, 5.74) is -0.469. The van der Waals surface area contributed by atoms with Gasteiger partial charge in [-0.3, -0.25) is 9.09 Å². The highest BCUT2D eigenvalue weighted by Crippen LogP contribution is 2.39. The Labute approximate surface area is 194 Å². The lowest BCUT2D eigenvalue weighted by atomic mass is 10.0. The molecule has 0 unspecified atom stereocenters. The first-order valence-electron chi connectivity index (χ1n) is 9.83. The van der Waals surface area contributed by atoms with E-state index in [-0.39, 0.29) is 11.2 Å². The van der Waals surface area contributed by atoms with E-state index in [2.05, 4.69) is 24.5 Å². The summed E-state index contributed by atoms with van der Waals surface area (Å²) < 4.78 is 35.7. The van der Waals surface area contributed by atoms with Gasteiger partial charge in [0.05, 0.1) is 19.5 Å². The van der Waals surface area contributed by atoms with E-state index in [9.17, 15) is 39.6 Å². The van der Waals surface area contributed by atoms with Crippen LogP contribution in [0.5, 0.6) is 0 Å². The van der Waals surface area contributed by atoms with Crippen LogP contribution in [0.1, 0.15) is 6.23 Å². The molecule has 1 aliphatic heterocycles. The van der Waals surface area contributed by atoms with Gasteiger partial charge in [0.25, 0.3) is 0 Å². The quantitative estimate of drug-likeness (QED) is 0.0805. The third-order valence-electron chi connectivity index (χ3n) is 5.02. The third kappa shape index (κ3) is 6.20. The minimum atomic E-state index is -4.89. The van der Waals surface area contributed by atoms with Crippen LogP contribution < -0.4 is 0 Å². The third-order valence-corrected chi connectivity index (χ3v) is 5.51. The molecule has 0 bridgehead atoms. The van der Waals surface area contributed by atoms with E-state index in [0.717, 1.165) is 10.9 Å². The maximum Gasteiger partial charge on any atom is 0.469 e. The molecule has 35 heavy (non-hydrogen) atoms. The molecule has 0 aliphatic carbocycles. The van der Waals surface area contributed by atoms with Gasteiger partial charge in [0.2, 0.25) is 0 Å². The van der Waals surface area contributed by atoms with Crippen molar-refractivity contribution in [3.63, 3.8) is 0 Å². The molecule has 0 saturated carbocycles. The zero-order chi connectivity index (χ0) is 26.1. The molecule has 1 aliphatic rings. The zero-order valence-electron chi connectivity index (χ0n) is 17.5. The van der Waals surface area contributed by atoms with Gasteiger partial charge < -0.3 is 50.3 Å². The molecule has 17 nitrogen and oxygen atoms in total. The van der Waals surface area contributed by atoms with E-state index in [1.54, 1.807) is 0 Å². The molecular formula is C16H23FN5O12P. The number of hydrogen-bond donors (Lipinski definition) is 9. The lowest BCUT2D eigenvalue weighted by Crippen LogP contribution is -2.46. The topological polar surface area (TPSA) is 274 Å². The van der Waals surface area contributed by atoms with Crippen molar-refractivity contribution in [2.45, 2.75) is 49.0 Å². The van der Waals surface area contributed by atoms with E-state index < -0.39 is 81.9 Å². The zero-order valence-corrected chi connectivity index (χ0v) is 18.4. The fourth-order valence-electron chi connectivity index (χ4n) is 3.19. The van der Waals surface area contributed by atoms with Gasteiger partial charge in [-0.1, -0.05) is 0 Å². The smallest absolute Gasteiger partial charge is 0.394 e. The van der Waals surface area contributed by atoms with Crippen LogP contribution in [-0.4, -0.2) is 127 Å². The largest absolute Gasteiger partial charge is 0.469 e. The predicted octanol–water partition coefficient (Wildman–Crippen LogP) is -4.17. The van der Waals surface area contributed by atoms with Gasteiger partial charge in [-0.05, 0) is 0 Å². The summed E-state index contributed by atoms with van der Waals surface area (Å²) in [7, 11) is -4.89. The first-order valence-corrected chi connectivity index (χ1v) is 11.4. The first kappa shape index (κ1) is 27.5. The molecule has 3 heterocycles. The molecule has 9 N–H and O–H groups in total. The van der Waals surface area contributed by atoms with Crippen LogP contribution >= 0.6 is 7.82 Å². The molecule has 19 heteroatoms. The minimum Gasteiger partial charge on any atom is -0.394 e. The van der Waals surface area contributed by atoms with E-state index in [1.165, 1.54) is 0 Å². The van der Waals surface area contributed by atoms with E-state index in [4.69, 9.17) is 19.6 Å². The SMILES string of the molecule is O=P(O)(O)OC[C@H]1O[C@@H](n2cnc3c(N=C[C@@H](O)[C@@H](O)[C@H](O)[C@H](O)CO)nc(F)nc32)[C@@H](O)[C@@H]1O. The number of halogens is 1. The molecule has 8 atom stereocenters. The van der Waals surface area contributed by atoms with Gasteiger partial charge in [-0.15, -0.1) is 0 Å². The Kier molecular flexibility index (Phi) is 8.58. The average molecular weight is 527 g/mol. The lowest BCUT2D eigenvalue weighted by molar-refractivity contribution is -0.0999. The number of imidazole rings is 1. The first-order chi connectivity index (χ1) is 16.3. The number of aliphatic imine (C=N–C) groups is 1. The van der Waals surface area contributed by atoms with Crippen molar-refractivity contribution in [1.82, 2.24) is 19.5 Å². The second-order valence-corrected chi connectivity index (χ2v) is 8.71. The Morgan fingerprint density at radius 3 is 2.51 bits per heavy atom. The molecule has 1 saturated heterocycles. The van der Waals surface area contributed by atoms with Crippen LogP contribution in [0.25, 0.3) is 11.2 Å². The summed E-state index contributed by atoms with van der Waals surface area (Å²) in [6.45, 7) is -1.67. The van der Waals surface area contributed by atoms with Gasteiger partial charge in [-0.25, -0.2) is 14.5 Å². The molecule has 1 fully saturated rings. The standard InChI is InChI=1S/C16H23FN5O12P/c17-16-20-13(18-1-5(24)9(26)10(27)6(25)2-23)8-14(21-16)22(4-19-8)15-12(29)11(28)7(34-15)3-33-35(30,31)32/h1,4-7,9-12,15,23-29H,2-3H2,(H2,30,31,32)/t5-,6-,7-,9-,10-,11-,12+,15-/m1/s1. The highest BCUT2D eigenvalue weighted by molar-refractivity contribution is 7.46. The van der Waals surface area contributed by atoms with Gasteiger partial charge >= 0.3 is 13.9 Å².